The summed E-state index contributed by atoms with van der Waals surface area (Å²) in [4.78, 5) is 42.4. The molecular weight excluding hydrogens is 480 g/mol. The predicted molar refractivity (Wildman–Crippen MR) is 138 cm³/mol. The van der Waals surface area contributed by atoms with Crippen molar-refractivity contribution in [3.05, 3.63) is 94.3 Å². The summed E-state index contributed by atoms with van der Waals surface area (Å²) in [6.07, 6.45) is 12.1. The van der Waals surface area contributed by atoms with E-state index in [2.05, 4.69) is 22.8 Å². The van der Waals surface area contributed by atoms with Gasteiger partial charge in [-0.15, -0.1) is 0 Å². The van der Waals surface area contributed by atoms with Gasteiger partial charge in [0.25, 0.3) is 0 Å². The molecule has 2 aromatic carbocycles. The number of carboxylic acid groups (broad SMARTS) is 4. The van der Waals surface area contributed by atoms with Crippen LogP contribution in [-0.2, 0) is 0 Å². The van der Waals surface area contributed by atoms with Gasteiger partial charge < -0.3 is 31.1 Å². The summed E-state index contributed by atoms with van der Waals surface area (Å²) < 4.78 is 0. The average molecular weight is 513 g/mol. The zero-order valence-electron chi connectivity index (χ0n) is 20.7. The van der Waals surface area contributed by atoms with Gasteiger partial charge in [0.05, 0.1) is 22.3 Å². The topological polar surface area (TPSA) is 173 Å². The smallest absolute Gasteiger partial charge is 0.335 e. The number of hydrogen-bond donors (Lipinski definition) is 6. The first-order valence-corrected chi connectivity index (χ1v) is 11.5. The fourth-order valence-electron chi connectivity index (χ4n) is 3.19. The SMILES string of the molecule is C1=CNCC1.C1=CNCCC1.Cc1c(C(=O)O)cccc1C(=O)O.Cc1c(C(=O)O)cccc1C(=O)O. The second-order valence-corrected chi connectivity index (χ2v) is 7.82. The van der Waals surface area contributed by atoms with Crippen LogP contribution in [0.25, 0.3) is 0 Å². The van der Waals surface area contributed by atoms with Gasteiger partial charge in [-0.2, -0.15) is 0 Å². The van der Waals surface area contributed by atoms with Crippen molar-refractivity contribution in [3.63, 3.8) is 0 Å². The summed E-state index contributed by atoms with van der Waals surface area (Å²) in [5.41, 5.74) is 0.671. The molecule has 0 aliphatic carbocycles. The molecule has 0 amide bonds. The zero-order valence-corrected chi connectivity index (χ0v) is 20.7. The monoisotopic (exact) mass is 512 g/mol. The van der Waals surface area contributed by atoms with Crippen LogP contribution in [0.4, 0.5) is 0 Å². The van der Waals surface area contributed by atoms with E-state index in [1.807, 2.05) is 12.4 Å². The molecule has 0 fully saturated rings. The lowest BCUT2D eigenvalue weighted by Crippen LogP contribution is -2.09. The predicted octanol–water partition coefficient (Wildman–Crippen LogP) is 4.16. The summed E-state index contributed by atoms with van der Waals surface area (Å²) in [7, 11) is 0. The average Bonchev–Trinajstić information content (AvgIpc) is 3.46. The van der Waals surface area contributed by atoms with E-state index in [0.29, 0.717) is 0 Å². The highest BCUT2D eigenvalue weighted by atomic mass is 16.4. The lowest BCUT2D eigenvalue weighted by Gasteiger charge is -2.03. The standard InChI is InChI=1S/2C9H8O4.C5H9N.C4H7N/c2*1-5-6(8(10)11)3-2-4-7(5)9(12)13;1-2-4-6-5-3-1;1-2-4-5-3-1/h2*2-4H,1H3,(H,10,11)(H,12,13);2,4,6H,1,3,5H2;1,3,5H,2,4H2. The maximum atomic E-state index is 10.6. The van der Waals surface area contributed by atoms with Crippen molar-refractivity contribution in [2.75, 3.05) is 13.1 Å². The highest BCUT2D eigenvalue weighted by molar-refractivity contribution is 5.97. The third-order valence-corrected chi connectivity index (χ3v) is 5.21. The van der Waals surface area contributed by atoms with Gasteiger partial charge in [-0.3, -0.25) is 0 Å². The zero-order chi connectivity index (χ0) is 27.8. The Morgan fingerprint density at radius 1 is 0.595 bits per heavy atom. The molecule has 0 saturated carbocycles. The Kier molecular flexibility index (Phi) is 13.3. The first kappa shape index (κ1) is 30.4. The molecule has 0 spiro atoms. The first-order chi connectivity index (χ1) is 17.6. The van der Waals surface area contributed by atoms with E-state index in [1.54, 1.807) is 0 Å². The Bertz CT molecular complexity index is 1000. The molecule has 37 heavy (non-hydrogen) atoms. The fraction of sp³-hybridized carbons (Fsp3) is 0.259. The van der Waals surface area contributed by atoms with Gasteiger partial charge >= 0.3 is 23.9 Å². The Balaban J connectivity index is 0.000000265. The molecule has 2 aliphatic heterocycles. The molecule has 0 unspecified atom stereocenters. The minimum absolute atomic E-state index is 0.0277. The Labute approximate surface area is 215 Å². The number of rotatable bonds is 4. The number of benzene rings is 2. The molecule has 198 valence electrons. The summed E-state index contributed by atoms with van der Waals surface area (Å²) >= 11 is 0. The van der Waals surface area contributed by atoms with E-state index in [9.17, 15) is 19.2 Å². The molecule has 0 radical (unpaired) electrons. The van der Waals surface area contributed by atoms with E-state index in [1.165, 1.54) is 69.5 Å². The van der Waals surface area contributed by atoms with Crippen molar-refractivity contribution in [1.29, 1.82) is 0 Å². The highest BCUT2D eigenvalue weighted by Gasteiger charge is 2.14. The number of nitrogens with one attached hydrogen (secondary N) is 2. The minimum Gasteiger partial charge on any atom is -0.478 e. The van der Waals surface area contributed by atoms with Crippen LogP contribution in [0.1, 0.15) is 71.8 Å². The minimum atomic E-state index is -1.11. The molecule has 0 aromatic heterocycles. The molecule has 4 rings (SSSR count). The van der Waals surface area contributed by atoms with Crippen molar-refractivity contribution in [2.24, 2.45) is 0 Å². The first-order valence-electron chi connectivity index (χ1n) is 11.5. The van der Waals surface area contributed by atoms with Crippen LogP contribution in [-0.4, -0.2) is 57.4 Å². The fourth-order valence-corrected chi connectivity index (χ4v) is 3.19. The van der Waals surface area contributed by atoms with Crippen molar-refractivity contribution in [3.8, 4) is 0 Å². The maximum absolute atomic E-state index is 10.6. The summed E-state index contributed by atoms with van der Waals surface area (Å²) in [6, 6.07) is 8.35. The molecule has 2 aromatic rings. The Morgan fingerprint density at radius 2 is 0.946 bits per heavy atom. The highest BCUT2D eigenvalue weighted by Crippen LogP contribution is 2.14. The van der Waals surface area contributed by atoms with Crippen molar-refractivity contribution in [2.45, 2.75) is 33.1 Å². The van der Waals surface area contributed by atoms with Crippen LogP contribution < -0.4 is 10.6 Å². The van der Waals surface area contributed by atoms with Gasteiger partial charge in [0.15, 0.2) is 0 Å². The molecule has 2 aliphatic rings. The van der Waals surface area contributed by atoms with Gasteiger partial charge in [0, 0.05) is 13.1 Å². The lowest BCUT2D eigenvalue weighted by atomic mass is 10.0. The van der Waals surface area contributed by atoms with Gasteiger partial charge in [-0.05, 0) is 80.9 Å². The van der Waals surface area contributed by atoms with Crippen LogP contribution in [0, 0.1) is 13.8 Å². The van der Waals surface area contributed by atoms with Crippen LogP contribution in [0.15, 0.2) is 61.0 Å². The van der Waals surface area contributed by atoms with Gasteiger partial charge in [-0.25, -0.2) is 19.2 Å². The van der Waals surface area contributed by atoms with E-state index in [-0.39, 0.29) is 33.4 Å². The van der Waals surface area contributed by atoms with E-state index in [4.69, 9.17) is 20.4 Å². The number of carboxylic acids is 4. The van der Waals surface area contributed by atoms with Crippen molar-refractivity contribution in [1.82, 2.24) is 10.6 Å². The number of aromatic carboxylic acids is 4. The third-order valence-electron chi connectivity index (χ3n) is 5.21. The van der Waals surface area contributed by atoms with Gasteiger partial charge in [-0.1, -0.05) is 24.3 Å². The molecule has 0 bridgehead atoms. The molecule has 0 saturated heterocycles. The summed E-state index contributed by atoms with van der Waals surface area (Å²) in [5.74, 6) is -4.44. The third kappa shape index (κ3) is 10.7. The summed E-state index contributed by atoms with van der Waals surface area (Å²) in [5, 5.41) is 40.9. The molecule has 10 nitrogen and oxygen atoms in total. The molecular formula is C27H32N2O8. The largest absolute Gasteiger partial charge is 0.478 e. The van der Waals surface area contributed by atoms with E-state index in [0.717, 1.165) is 13.1 Å². The van der Waals surface area contributed by atoms with Gasteiger partial charge in [0.1, 0.15) is 0 Å². The second-order valence-electron chi connectivity index (χ2n) is 7.82. The van der Waals surface area contributed by atoms with Crippen molar-refractivity contribution < 1.29 is 39.6 Å². The van der Waals surface area contributed by atoms with Crippen LogP contribution in [0.5, 0.6) is 0 Å². The van der Waals surface area contributed by atoms with E-state index < -0.39 is 23.9 Å². The normalized spacial score (nSPS) is 12.6. The van der Waals surface area contributed by atoms with Crippen LogP contribution in [0.2, 0.25) is 0 Å². The quantitative estimate of drug-likeness (QED) is 0.349. The molecule has 10 heteroatoms. The Hall–Kier alpha value is -4.60. The number of allylic oxidation sites excluding steroid dienone is 1. The molecule has 2 heterocycles. The van der Waals surface area contributed by atoms with E-state index >= 15 is 0 Å². The molecule has 0 atom stereocenters. The van der Waals surface area contributed by atoms with Crippen LogP contribution >= 0.6 is 0 Å². The number of hydrogen-bond acceptors (Lipinski definition) is 6. The van der Waals surface area contributed by atoms with Gasteiger partial charge in [0.2, 0.25) is 0 Å². The van der Waals surface area contributed by atoms with Crippen molar-refractivity contribution >= 4 is 23.9 Å². The lowest BCUT2D eigenvalue weighted by molar-refractivity contribution is 0.0674. The maximum Gasteiger partial charge on any atom is 0.335 e. The number of carbonyl (C=O) groups is 4. The molecule has 6 N–H and O–H groups in total. The van der Waals surface area contributed by atoms with Crippen LogP contribution in [0.3, 0.4) is 0 Å². The Morgan fingerprint density at radius 3 is 1.11 bits per heavy atom. The summed E-state index contributed by atoms with van der Waals surface area (Å²) in [6.45, 7) is 5.26. The second kappa shape index (κ2) is 16.1.